The standard InChI is InChI=1S/C14H22N2O4/c1-5-11(17)16-9-14(19-10-16)6-7-15(8-14)12(18)20-13(2,3)4/h5H,1,6-10H2,2-4H3. The number of hydrogen-bond donors (Lipinski definition) is 0. The number of carbonyl (C=O) groups excluding carboxylic acids is 2. The molecule has 0 aromatic carbocycles. The Balaban J connectivity index is 1.94. The molecule has 2 amide bonds. The Morgan fingerprint density at radius 3 is 2.55 bits per heavy atom. The molecule has 0 N–H and O–H groups in total. The number of ether oxygens (including phenoxy) is 2. The molecule has 1 unspecified atom stereocenters. The monoisotopic (exact) mass is 282 g/mol. The Bertz CT molecular complexity index is 429. The van der Waals surface area contributed by atoms with E-state index in [4.69, 9.17) is 9.47 Å². The van der Waals surface area contributed by atoms with E-state index in [2.05, 4.69) is 6.58 Å². The first-order valence-electron chi connectivity index (χ1n) is 6.78. The lowest BCUT2D eigenvalue weighted by Crippen LogP contribution is -2.41. The highest BCUT2D eigenvalue weighted by atomic mass is 16.6. The maximum absolute atomic E-state index is 12.0. The zero-order chi connectivity index (χ0) is 15.0. The van der Waals surface area contributed by atoms with Crippen LogP contribution >= 0.6 is 0 Å². The number of likely N-dealkylation sites (tertiary alicyclic amines) is 1. The summed E-state index contributed by atoms with van der Waals surface area (Å²) in [5, 5.41) is 0. The van der Waals surface area contributed by atoms with E-state index in [-0.39, 0.29) is 18.7 Å². The smallest absolute Gasteiger partial charge is 0.410 e. The normalized spacial score (nSPS) is 26.1. The van der Waals surface area contributed by atoms with Gasteiger partial charge in [-0.15, -0.1) is 0 Å². The van der Waals surface area contributed by atoms with E-state index >= 15 is 0 Å². The molecule has 2 fully saturated rings. The predicted molar refractivity (Wildman–Crippen MR) is 73.0 cm³/mol. The van der Waals surface area contributed by atoms with Gasteiger partial charge in [0.15, 0.2) is 0 Å². The van der Waals surface area contributed by atoms with Crippen LogP contribution in [-0.2, 0) is 14.3 Å². The molecular formula is C14H22N2O4. The number of rotatable bonds is 1. The third-order valence-corrected chi connectivity index (χ3v) is 3.46. The first kappa shape index (κ1) is 14.8. The molecule has 112 valence electrons. The van der Waals surface area contributed by atoms with Gasteiger partial charge in [0.1, 0.15) is 17.9 Å². The van der Waals surface area contributed by atoms with Gasteiger partial charge < -0.3 is 19.3 Å². The summed E-state index contributed by atoms with van der Waals surface area (Å²) < 4.78 is 11.1. The van der Waals surface area contributed by atoms with Gasteiger partial charge in [0.05, 0.1) is 13.1 Å². The quantitative estimate of drug-likeness (QED) is 0.682. The molecule has 20 heavy (non-hydrogen) atoms. The highest BCUT2D eigenvalue weighted by molar-refractivity contribution is 5.87. The molecule has 0 aliphatic carbocycles. The van der Waals surface area contributed by atoms with Crippen molar-refractivity contribution in [2.75, 3.05) is 26.4 Å². The van der Waals surface area contributed by atoms with Crippen LogP contribution in [0.5, 0.6) is 0 Å². The van der Waals surface area contributed by atoms with Crippen molar-refractivity contribution >= 4 is 12.0 Å². The molecule has 0 aromatic rings. The molecular weight excluding hydrogens is 260 g/mol. The molecule has 1 atom stereocenters. The SMILES string of the molecule is C=CC(=O)N1COC2(CCN(C(=O)OC(C)(C)C)C2)C1. The van der Waals surface area contributed by atoms with E-state index in [0.29, 0.717) is 26.1 Å². The molecule has 2 rings (SSSR count). The summed E-state index contributed by atoms with van der Waals surface area (Å²) in [5.74, 6) is -0.141. The zero-order valence-corrected chi connectivity index (χ0v) is 12.3. The van der Waals surface area contributed by atoms with Gasteiger partial charge in [-0.3, -0.25) is 4.79 Å². The summed E-state index contributed by atoms with van der Waals surface area (Å²) in [5.41, 5.74) is -0.955. The fourth-order valence-corrected chi connectivity index (χ4v) is 2.50. The molecule has 0 saturated carbocycles. The molecule has 1 spiro atoms. The van der Waals surface area contributed by atoms with Gasteiger partial charge in [0, 0.05) is 6.54 Å². The zero-order valence-electron chi connectivity index (χ0n) is 12.3. The Morgan fingerprint density at radius 1 is 1.30 bits per heavy atom. The van der Waals surface area contributed by atoms with E-state index in [1.807, 2.05) is 20.8 Å². The fraction of sp³-hybridized carbons (Fsp3) is 0.714. The topological polar surface area (TPSA) is 59.1 Å². The minimum atomic E-state index is -0.506. The van der Waals surface area contributed by atoms with Crippen LogP contribution < -0.4 is 0 Å². The van der Waals surface area contributed by atoms with E-state index in [1.54, 1.807) is 9.80 Å². The molecule has 2 saturated heterocycles. The third kappa shape index (κ3) is 3.12. The number of amides is 2. The Kier molecular flexibility index (Phi) is 3.77. The molecule has 0 radical (unpaired) electrons. The van der Waals surface area contributed by atoms with Crippen LogP contribution in [-0.4, -0.2) is 59.4 Å². The highest BCUT2D eigenvalue weighted by Crippen LogP contribution is 2.32. The minimum absolute atomic E-state index is 0.141. The molecule has 0 bridgehead atoms. The van der Waals surface area contributed by atoms with Crippen LogP contribution in [0.25, 0.3) is 0 Å². The second-order valence-corrected chi connectivity index (χ2v) is 6.35. The summed E-state index contributed by atoms with van der Waals surface area (Å²) in [6, 6.07) is 0. The second-order valence-electron chi connectivity index (χ2n) is 6.35. The van der Waals surface area contributed by atoms with E-state index in [0.717, 1.165) is 0 Å². The average Bonchev–Trinajstić information content (AvgIpc) is 2.95. The molecule has 2 heterocycles. The number of nitrogens with zero attached hydrogens (tertiary/aromatic N) is 2. The van der Waals surface area contributed by atoms with E-state index < -0.39 is 11.2 Å². The van der Waals surface area contributed by atoms with Gasteiger partial charge in [0.25, 0.3) is 0 Å². The van der Waals surface area contributed by atoms with Crippen molar-refractivity contribution in [3.8, 4) is 0 Å². The predicted octanol–water partition coefficient (Wildman–Crippen LogP) is 1.37. The number of hydrogen-bond acceptors (Lipinski definition) is 4. The summed E-state index contributed by atoms with van der Waals surface area (Å²) in [7, 11) is 0. The maximum Gasteiger partial charge on any atom is 0.410 e. The van der Waals surface area contributed by atoms with Gasteiger partial charge in [0.2, 0.25) is 5.91 Å². The second kappa shape index (κ2) is 5.09. The van der Waals surface area contributed by atoms with E-state index in [9.17, 15) is 9.59 Å². The van der Waals surface area contributed by atoms with Crippen molar-refractivity contribution in [2.45, 2.75) is 38.4 Å². The van der Waals surface area contributed by atoms with Crippen molar-refractivity contribution in [1.82, 2.24) is 9.80 Å². The van der Waals surface area contributed by atoms with Crippen LogP contribution in [0.15, 0.2) is 12.7 Å². The molecule has 0 aromatic heterocycles. The Labute approximate surface area is 119 Å². The summed E-state index contributed by atoms with van der Waals surface area (Å²) in [4.78, 5) is 26.9. The Morgan fingerprint density at radius 2 is 1.95 bits per heavy atom. The lowest BCUT2D eigenvalue weighted by Gasteiger charge is -2.26. The summed E-state index contributed by atoms with van der Waals surface area (Å²) in [6.45, 7) is 10.8. The maximum atomic E-state index is 12.0. The van der Waals surface area contributed by atoms with Crippen LogP contribution in [0.1, 0.15) is 27.2 Å². The van der Waals surface area contributed by atoms with Gasteiger partial charge >= 0.3 is 6.09 Å². The number of carbonyl (C=O) groups is 2. The first-order chi connectivity index (χ1) is 9.25. The van der Waals surface area contributed by atoms with Gasteiger partial charge in [-0.1, -0.05) is 6.58 Å². The average molecular weight is 282 g/mol. The van der Waals surface area contributed by atoms with Crippen LogP contribution in [0, 0.1) is 0 Å². The molecule has 6 nitrogen and oxygen atoms in total. The van der Waals surface area contributed by atoms with Crippen LogP contribution in [0.2, 0.25) is 0 Å². The van der Waals surface area contributed by atoms with Crippen LogP contribution in [0.4, 0.5) is 4.79 Å². The molecule has 6 heteroatoms. The first-order valence-corrected chi connectivity index (χ1v) is 6.78. The van der Waals surface area contributed by atoms with Gasteiger partial charge in [-0.05, 0) is 33.3 Å². The minimum Gasteiger partial charge on any atom is -0.444 e. The van der Waals surface area contributed by atoms with Gasteiger partial charge in [-0.2, -0.15) is 0 Å². The third-order valence-electron chi connectivity index (χ3n) is 3.46. The van der Waals surface area contributed by atoms with Crippen LogP contribution in [0.3, 0.4) is 0 Å². The molecule has 2 aliphatic heterocycles. The Hall–Kier alpha value is -1.56. The van der Waals surface area contributed by atoms with Crippen molar-refractivity contribution in [2.24, 2.45) is 0 Å². The fourth-order valence-electron chi connectivity index (χ4n) is 2.50. The summed E-state index contributed by atoms with van der Waals surface area (Å²) in [6.07, 6.45) is 1.67. The largest absolute Gasteiger partial charge is 0.444 e. The van der Waals surface area contributed by atoms with Crippen molar-refractivity contribution in [3.05, 3.63) is 12.7 Å². The summed E-state index contributed by atoms with van der Waals surface area (Å²) >= 11 is 0. The van der Waals surface area contributed by atoms with Crippen molar-refractivity contribution in [3.63, 3.8) is 0 Å². The highest BCUT2D eigenvalue weighted by Gasteiger charge is 2.47. The van der Waals surface area contributed by atoms with E-state index in [1.165, 1.54) is 6.08 Å². The van der Waals surface area contributed by atoms with Crippen molar-refractivity contribution < 1.29 is 19.1 Å². The lowest BCUT2D eigenvalue weighted by atomic mass is 10.0. The lowest BCUT2D eigenvalue weighted by molar-refractivity contribution is -0.126. The molecule has 2 aliphatic rings. The van der Waals surface area contributed by atoms with Gasteiger partial charge in [-0.25, -0.2) is 4.79 Å². The van der Waals surface area contributed by atoms with Crippen molar-refractivity contribution in [1.29, 1.82) is 0 Å².